The van der Waals surface area contributed by atoms with Crippen LogP contribution in [0.5, 0.6) is 0 Å². The second-order valence-electron chi connectivity index (χ2n) is 2.05. The molecule has 0 spiro atoms. The summed E-state index contributed by atoms with van der Waals surface area (Å²) < 4.78 is 39.4. The van der Waals surface area contributed by atoms with E-state index in [-0.39, 0.29) is 45.4 Å². The van der Waals surface area contributed by atoms with Crippen LogP contribution in [0, 0.1) is 0 Å². The highest BCUT2D eigenvalue weighted by Gasteiger charge is 1.98. The fourth-order valence-electron chi connectivity index (χ4n) is 0.706. The molecule has 0 N–H and O–H groups in total. The molecule has 0 aromatic carbocycles. The van der Waals surface area contributed by atoms with Gasteiger partial charge in [0.2, 0.25) is 0 Å². The molecule has 0 radical (unpaired) electrons. The predicted octanol–water partition coefficient (Wildman–Crippen LogP) is 2.79. The first-order valence-electron chi connectivity index (χ1n) is 5.70. The Kier molecular flexibility index (Phi) is 1.30. The molecule has 13 heavy (non-hydrogen) atoms. The second kappa shape index (κ2) is 3.59. The standard InChI is InChI=1S/C8H5Br2N3/c9-6-1-2-8(11-5-6)13-4-3-7(10)12-13/h1-5H/i1D,2D,3D,4D,5D. The average molecular weight is 308 g/mol. The third-order valence-electron chi connectivity index (χ3n) is 1.20. The van der Waals surface area contributed by atoms with Gasteiger partial charge >= 0.3 is 0 Å². The summed E-state index contributed by atoms with van der Waals surface area (Å²) in [6.45, 7) is 0. The van der Waals surface area contributed by atoms with Crippen LogP contribution in [-0.2, 0) is 0 Å². The summed E-state index contributed by atoms with van der Waals surface area (Å²) in [5.41, 5.74) is 0. The molecule has 0 aliphatic heterocycles. The minimum atomic E-state index is -0.263. The number of halogens is 2. The van der Waals surface area contributed by atoms with Crippen molar-refractivity contribution >= 4 is 31.9 Å². The van der Waals surface area contributed by atoms with Crippen molar-refractivity contribution in [3.05, 3.63) is 39.5 Å². The maximum atomic E-state index is 7.76. The maximum Gasteiger partial charge on any atom is 0.153 e. The van der Waals surface area contributed by atoms with Crippen molar-refractivity contribution < 1.29 is 6.85 Å². The third-order valence-corrected chi connectivity index (χ3v) is 1.93. The van der Waals surface area contributed by atoms with Gasteiger partial charge < -0.3 is 0 Å². The van der Waals surface area contributed by atoms with E-state index in [2.05, 4.69) is 41.9 Å². The average Bonchev–Trinajstić information content (AvgIpc) is 2.59. The zero-order chi connectivity index (χ0) is 13.6. The third kappa shape index (κ3) is 1.97. The minimum Gasteiger partial charge on any atom is -0.236 e. The van der Waals surface area contributed by atoms with Gasteiger partial charge in [0.1, 0.15) is 4.60 Å². The molecular weight excluding hydrogens is 298 g/mol. The Labute approximate surface area is 99.1 Å². The number of hydrogen-bond acceptors (Lipinski definition) is 2. The van der Waals surface area contributed by atoms with E-state index in [0.29, 0.717) is 0 Å². The first-order chi connectivity index (χ1) is 8.34. The molecule has 2 heterocycles. The molecule has 5 heteroatoms. The number of nitrogens with zero attached hydrogens (tertiary/aromatic N) is 3. The molecule has 3 nitrogen and oxygen atoms in total. The Morgan fingerprint density at radius 2 is 2.15 bits per heavy atom. The topological polar surface area (TPSA) is 30.7 Å². The first kappa shape index (κ1) is 4.70. The summed E-state index contributed by atoms with van der Waals surface area (Å²) in [7, 11) is 0. The molecule has 0 aliphatic rings. The fraction of sp³-hybridized carbons (Fsp3) is 0. The van der Waals surface area contributed by atoms with Crippen LogP contribution in [-0.4, -0.2) is 14.8 Å². The second-order valence-corrected chi connectivity index (χ2v) is 3.59. The predicted molar refractivity (Wildman–Crippen MR) is 56.8 cm³/mol. The Morgan fingerprint density at radius 1 is 1.31 bits per heavy atom. The van der Waals surface area contributed by atoms with E-state index in [1.807, 2.05) is 0 Å². The van der Waals surface area contributed by atoms with Crippen molar-refractivity contribution in [1.82, 2.24) is 14.8 Å². The van der Waals surface area contributed by atoms with E-state index >= 15 is 0 Å². The van der Waals surface area contributed by atoms with Crippen LogP contribution in [0.2, 0.25) is 0 Å². The molecule has 66 valence electrons. The Morgan fingerprint density at radius 3 is 2.85 bits per heavy atom. The number of pyridine rings is 1. The molecule has 0 atom stereocenters. The van der Waals surface area contributed by atoms with Crippen LogP contribution in [0.3, 0.4) is 0 Å². The quantitative estimate of drug-likeness (QED) is 0.811. The molecule has 0 bridgehead atoms. The van der Waals surface area contributed by atoms with Crippen LogP contribution < -0.4 is 0 Å². The summed E-state index contributed by atoms with van der Waals surface area (Å²) in [6, 6.07) is -0.610. The van der Waals surface area contributed by atoms with Crippen molar-refractivity contribution in [2.24, 2.45) is 0 Å². The van der Waals surface area contributed by atoms with Gasteiger partial charge in [-0.15, -0.1) is 0 Å². The van der Waals surface area contributed by atoms with E-state index in [1.54, 1.807) is 0 Å². The largest absolute Gasteiger partial charge is 0.236 e. The van der Waals surface area contributed by atoms with Gasteiger partial charge in [-0.25, -0.2) is 9.67 Å². The van der Waals surface area contributed by atoms with Crippen LogP contribution in [0.25, 0.3) is 5.82 Å². The summed E-state index contributed by atoms with van der Waals surface area (Å²) in [5.74, 6) is -0.114. The Bertz CT molecular complexity index is 642. The summed E-state index contributed by atoms with van der Waals surface area (Å²) >= 11 is 6.00. The Balaban J connectivity index is 2.76. The van der Waals surface area contributed by atoms with Gasteiger partial charge in [0.15, 0.2) is 5.82 Å². The molecule has 0 fully saturated rings. The zero-order valence-electron chi connectivity index (χ0n) is 11.1. The van der Waals surface area contributed by atoms with Crippen LogP contribution in [0.15, 0.2) is 39.5 Å². The maximum absolute atomic E-state index is 7.76. The highest BCUT2D eigenvalue weighted by atomic mass is 79.9. The summed E-state index contributed by atoms with van der Waals surface area (Å²) in [5, 5.41) is 3.85. The SMILES string of the molecule is [2H]c1nc(-n2nc(Br)c([2H])c2[2H])c([2H])c([2H])c1Br. The lowest BCUT2D eigenvalue weighted by molar-refractivity contribution is 0.837. The van der Waals surface area contributed by atoms with Gasteiger partial charge in [-0.05, 0) is 50.0 Å². The number of hydrogen-bond donors (Lipinski definition) is 0. The van der Waals surface area contributed by atoms with Gasteiger partial charge in [-0.3, -0.25) is 0 Å². The molecule has 2 rings (SSSR count). The van der Waals surface area contributed by atoms with E-state index < -0.39 is 0 Å². The van der Waals surface area contributed by atoms with E-state index in [4.69, 9.17) is 6.85 Å². The zero-order valence-corrected chi connectivity index (χ0v) is 9.27. The molecule has 0 saturated heterocycles. The number of aromatic nitrogens is 3. The van der Waals surface area contributed by atoms with E-state index in [9.17, 15) is 0 Å². The molecule has 2 aromatic rings. The minimum absolute atomic E-state index is 0.111. The fourth-order valence-corrected chi connectivity index (χ4v) is 1.14. The monoisotopic (exact) mass is 306 g/mol. The van der Waals surface area contributed by atoms with Crippen LogP contribution in [0.4, 0.5) is 0 Å². The van der Waals surface area contributed by atoms with E-state index in [0.717, 1.165) is 4.68 Å². The van der Waals surface area contributed by atoms with Crippen molar-refractivity contribution in [3.63, 3.8) is 0 Å². The molecule has 2 aromatic heterocycles. The first-order valence-corrected chi connectivity index (χ1v) is 4.78. The summed E-state index contributed by atoms with van der Waals surface area (Å²) in [4.78, 5) is 3.81. The van der Waals surface area contributed by atoms with Crippen molar-refractivity contribution in [3.8, 4) is 5.82 Å². The lowest BCUT2D eigenvalue weighted by Gasteiger charge is -1.98. The van der Waals surface area contributed by atoms with Gasteiger partial charge in [0.05, 0.1) is 6.85 Å². The van der Waals surface area contributed by atoms with Crippen LogP contribution >= 0.6 is 31.9 Å². The van der Waals surface area contributed by atoms with Gasteiger partial charge in [0, 0.05) is 16.8 Å². The van der Waals surface area contributed by atoms with Crippen molar-refractivity contribution in [1.29, 1.82) is 0 Å². The van der Waals surface area contributed by atoms with Crippen molar-refractivity contribution in [2.45, 2.75) is 0 Å². The molecule has 0 amide bonds. The Hall–Kier alpha value is -0.680. The smallest absolute Gasteiger partial charge is 0.153 e. The van der Waals surface area contributed by atoms with Gasteiger partial charge in [-0.2, -0.15) is 5.10 Å². The molecular formula is C8H5Br2N3. The van der Waals surface area contributed by atoms with Gasteiger partial charge in [0.25, 0.3) is 0 Å². The van der Waals surface area contributed by atoms with Crippen molar-refractivity contribution in [2.75, 3.05) is 0 Å². The highest BCUT2D eigenvalue weighted by Crippen LogP contribution is 2.12. The molecule has 0 unspecified atom stereocenters. The normalized spacial score (nSPS) is 15.7. The highest BCUT2D eigenvalue weighted by molar-refractivity contribution is 9.10. The lowest BCUT2D eigenvalue weighted by atomic mass is 10.5. The van der Waals surface area contributed by atoms with Crippen LogP contribution in [0.1, 0.15) is 6.85 Å². The molecule has 0 aliphatic carbocycles. The van der Waals surface area contributed by atoms with Gasteiger partial charge in [-0.1, -0.05) is 0 Å². The lowest BCUT2D eigenvalue weighted by Crippen LogP contribution is -1.96. The summed E-state index contributed by atoms with van der Waals surface area (Å²) in [6.07, 6.45) is -0.479. The molecule has 0 saturated carbocycles. The number of rotatable bonds is 1. The van der Waals surface area contributed by atoms with E-state index in [1.165, 1.54) is 0 Å².